The molecule has 29 heavy (non-hydrogen) atoms. The van der Waals surface area contributed by atoms with Crippen LogP contribution in [0.5, 0.6) is 0 Å². The van der Waals surface area contributed by atoms with Crippen molar-refractivity contribution in [1.82, 2.24) is 14.4 Å². The Morgan fingerprint density at radius 1 is 0.793 bits per heavy atom. The molecule has 1 fully saturated rings. The van der Waals surface area contributed by atoms with Crippen molar-refractivity contribution in [3.8, 4) is 0 Å². The monoisotopic (exact) mass is 389 g/mol. The Morgan fingerprint density at radius 2 is 1.48 bits per heavy atom. The predicted molar refractivity (Wildman–Crippen MR) is 112 cm³/mol. The van der Waals surface area contributed by atoms with Crippen LogP contribution in [0.1, 0.15) is 16.8 Å². The summed E-state index contributed by atoms with van der Waals surface area (Å²) < 4.78 is 1.82. The van der Waals surface area contributed by atoms with Gasteiger partial charge in [-0.1, -0.05) is 30.3 Å². The molecule has 6 nitrogen and oxygen atoms in total. The summed E-state index contributed by atoms with van der Waals surface area (Å²) in [6.07, 6.45) is 2.42. The molecule has 1 aromatic heterocycles. The van der Waals surface area contributed by atoms with Gasteiger partial charge in [0.25, 0.3) is 5.91 Å². The van der Waals surface area contributed by atoms with Gasteiger partial charge in [0.2, 0.25) is 5.91 Å². The summed E-state index contributed by atoms with van der Waals surface area (Å²) >= 11 is 0. The van der Waals surface area contributed by atoms with E-state index in [2.05, 4.69) is 0 Å². The number of hydrogen-bond acceptors (Lipinski definition) is 3. The number of rotatable bonds is 3. The minimum Gasteiger partial charge on any atom is -0.339 e. The van der Waals surface area contributed by atoms with Crippen LogP contribution in [-0.4, -0.2) is 52.4 Å². The maximum Gasteiger partial charge on any atom is 0.253 e. The number of aromatic nitrogens is 1. The average molecular weight is 389 g/mol. The molecule has 6 heteroatoms. The summed E-state index contributed by atoms with van der Waals surface area (Å²) in [5, 5.41) is 0.610. The van der Waals surface area contributed by atoms with Gasteiger partial charge in [-0.05, 0) is 30.7 Å². The molecule has 1 aliphatic rings. The number of fused-ring (bicyclic) bond motifs is 1. The Balaban J connectivity index is 1.45. The van der Waals surface area contributed by atoms with E-state index < -0.39 is 0 Å². The molecule has 2 aromatic carbocycles. The van der Waals surface area contributed by atoms with E-state index in [9.17, 15) is 14.4 Å². The van der Waals surface area contributed by atoms with E-state index in [-0.39, 0.29) is 23.8 Å². The molecular weight excluding hydrogens is 366 g/mol. The molecule has 4 rings (SSSR count). The maximum atomic E-state index is 12.9. The van der Waals surface area contributed by atoms with Gasteiger partial charge in [-0.25, -0.2) is 0 Å². The number of benzene rings is 2. The lowest BCUT2D eigenvalue weighted by molar-refractivity contribution is -0.131. The van der Waals surface area contributed by atoms with Gasteiger partial charge in [0.15, 0.2) is 5.43 Å². The first-order valence-electron chi connectivity index (χ1n) is 9.84. The number of hydrogen-bond donors (Lipinski definition) is 0. The van der Waals surface area contributed by atoms with Crippen LogP contribution in [0.4, 0.5) is 0 Å². The van der Waals surface area contributed by atoms with Crippen molar-refractivity contribution in [2.24, 2.45) is 0 Å². The van der Waals surface area contributed by atoms with E-state index in [4.69, 9.17) is 0 Å². The van der Waals surface area contributed by atoms with Crippen molar-refractivity contribution in [3.05, 3.63) is 82.6 Å². The molecule has 1 aliphatic heterocycles. The first kappa shape index (κ1) is 18.9. The van der Waals surface area contributed by atoms with E-state index in [0.29, 0.717) is 37.1 Å². The van der Waals surface area contributed by atoms with Crippen molar-refractivity contribution in [1.29, 1.82) is 0 Å². The Kier molecular flexibility index (Phi) is 5.42. The molecule has 0 unspecified atom stereocenters. The van der Waals surface area contributed by atoms with E-state index in [0.717, 1.165) is 11.9 Å². The first-order valence-corrected chi connectivity index (χ1v) is 9.84. The molecule has 1 saturated heterocycles. The highest BCUT2D eigenvalue weighted by Gasteiger charge is 2.23. The van der Waals surface area contributed by atoms with Crippen molar-refractivity contribution in [2.75, 3.05) is 26.2 Å². The van der Waals surface area contributed by atoms with E-state index in [1.165, 1.54) is 6.07 Å². The largest absolute Gasteiger partial charge is 0.339 e. The van der Waals surface area contributed by atoms with Crippen molar-refractivity contribution >= 4 is 22.7 Å². The Hall–Kier alpha value is -3.41. The van der Waals surface area contributed by atoms with Crippen LogP contribution in [0, 0.1) is 0 Å². The fourth-order valence-corrected chi connectivity index (χ4v) is 3.78. The molecule has 148 valence electrons. The number of nitrogens with zero attached hydrogens (tertiary/aromatic N) is 3. The van der Waals surface area contributed by atoms with Crippen molar-refractivity contribution < 1.29 is 9.59 Å². The molecule has 2 amide bonds. The van der Waals surface area contributed by atoms with Gasteiger partial charge >= 0.3 is 0 Å². The van der Waals surface area contributed by atoms with E-state index in [1.54, 1.807) is 12.3 Å². The summed E-state index contributed by atoms with van der Waals surface area (Å²) in [4.78, 5) is 41.3. The van der Waals surface area contributed by atoms with Crippen LogP contribution in [-0.2, 0) is 11.3 Å². The van der Waals surface area contributed by atoms with Gasteiger partial charge in [-0.3, -0.25) is 14.4 Å². The topological polar surface area (TPSA) is 62.6 Å². The summed E-state index contributed by atoms with van der Waals surface area (Å²) in [6, 6.07) is 18.0. The fraction of sp³-hybridized carbons (Fsp3) is 0.261. The Labute approximate surface area is 169 Å². The van der Waals surface area contributed by atoms with Crippen LogP contribution >= 0.6 is 0 Å². The van der Waals surface area contributed by atoms with Crippen molar-refractivity contribution in [2.45, 2.75) is 13.0 Å². The van der Waals surface area contributed by atoms with Gasteiger partial charge < -0.3 is 14.4 Å². The molecule has 0 radical (unpaired) electrons. The number of amides is 2. The smallest absolute Gasteiger partial charge is 0.253 e. The lowest BCUT2D eigenvalue weighted by Gasteiger charge is -2.23. The van der Waals surface area contributed by atoms with Gasteiger partial charge in [-0.15, -0.1) is 0 Å². The standard InChI is InChI=1S/C23H23N3O3/c27-21-11-14-26(20-10-5-4-9-19(20)21)17-22(28)24-12-6-13-25(16-15-24)23(29)18-7-2-1-3-8-18/h1-5,7-11,14H,6,12-13,15-17H2. The number of carbonyl (C=O) groups excluding carboxylic acids is 2. The van der Waals surface area contributed by atoms with Gasteiger partial charge in [-0.2, -0.15) is 0 Å². The SMILES string of the molecule is O=C(Cn1ccc(=O)c2ccccc21)N1CCCN(C(=O)c2ccccc2)CC1. The second-order valence-electron chi connectivity index (χ2n) is 7.22. The van der Waals surface area contributed by atoms with Crippen LogP contribution in [0.25, 0.3) is 10.9 Å². The molecule has 0 spiro atoms. The molecule has 0 N–H and O–H groups in total. The Morgan fingerprint density at radius 3 is 2.31 bits per heavy atom. The second kappa shape index (κ2) is 8.31. The average Bonchev–Trinajstić information content (AvgIpc) is 3.02. The summed E-state index contributed by atoms with van der Waals surface area (Å²) in [5.41, 5.74) is 1.38. The fourth-order valence-electron chi connectivity index (χ4n) is 3.78. The third-order valence-electron chi connectivity index (χ3n) is 5.35. The highest BCUT2D eigenvalue weighted by Crippen LogP contribution is 2.12. The molecule has 2 heterocycles. The summed E-state index contributed by atoms with van der Waals surface area (Å²) in [7, 11) is 0. The van der Waals surface area contributed by atoms with Gasteiger partial charge in [0.1, 0.15) is 6.54 Å². The van der Waals surface area contributed by atoms with Crippen LogP contribution < -0.4 is 5.43 Å². The van der Waals surface area contributed by atoms with Crippen LogP contribution in [0.15, 0.2) is 71.7 Å². The minimum atomic E-state index is -0.0471. The summed E-state index contributed by atoms with van der Waals surface area (Å²) in [6.45, 7) is 2.46. The number of para-hydroxylation sites is 1. The zero-order valence-corrected chi connectivity index (χ0v) is 16.2. The third-order valence-corrected chi connectivity index (χ3v) is 5.35. The van der Waals surface area contributed by atoms with Crippen molar-refractivity contribution in [3.63, 3.8) is 0 Å². The second-order valence-corrected chi connectivity index (χ2v) is 7.22. The molecule has 0 aliphatic carbocycles. The predicted octanol–water partition coefficient (Wildman–Crippen LogP) is 2.38. The number of pyridine rings is 1. The molecule has 3 aromatic rings. The molecule has 0 atom stereocenters. The van der Waals surface area contributed by atoms with E-state index in [1.807, 2.05) is 62.9 Å². The lowest BCUT2D eigenvalue weighted by Crippen LogP contribution is -2.38. The van der Waals surface area contributed by atoms with Crippen LogP contribution in [0.3, 0.4) is 0 Å². The number of carbonyl (C=O) groups is 2. The first-order chi connectivity index (χ1) is 14.1. The quantitative estimate of drug-likeness (QED) is 0.691. The molecule has 0 bridgehead atoms. The zero-order chi connectivity index (χ0) is 20.2. The van der Waals surface area contributed by atoms with Gasteiger partial charge in [0.05, 0.1) is 5.52 Å². The van der Waals surface area contributed by atoms with Crippen LogP contribution in [0.2, 0.25) is 0 Å². The van der Waals surface area contributed by atoms with E-state index >= 15 is 0 Å². The highest BCUT2D eigenvalue weighted by molar-refractivity contribution is 5.94. The highest BCUT2D eigenvalue weighted by atomic mass is 16.2. The normalized spacial score (nSPS) is 14.6. The zero-order valence-electron chi connectivity index (χ0n) is 16.2. The minimum absolute atomic E-state index is 0.00584. The maximum absolute atomic E-state index is 12.9. The Bertz CT molecular complexity index is 1090. The molecule has 0 saturated carbocycles. The summed E-state index contributed by atoms with van der Waals surface area (Å²) in [5.74, 6) is -0.000820. The lowest BCUT2D eigenvalue weighted by atomic mass is 10.2. The molecular formula is C23H23N3O3. The van der Waals surface area contributed by atoms with Gasteiger partial charge in [0, 0.05) is 49.4 Å². The third kappa shape index (κ3) is 4.06.